The quantitative estimate of drug-likeness (QED) is 0.682. The fourth-order valence-electron chi connectivity index (χ4n) is 2.07. The number of nitrogens with one attached hydrogen (secondary N) is 1. The molecule has 0 bridgehead atoms. The maximum absolute atomic E-state index is 10.4. The van der Waals surface area contributed by atoms with E-state index in [1.54, 1.807) is 0 Å². The first kappa shape index (κ1) is 10.2. The third-order valence-corrected chi connectivity index (χ3v) is 2.86. The molecule has 4 N–H and O–H groups in total. The average Bonchev–Trinajstić information content (AvgIpc) is 2.74. The number of aryl methyl sites for hydroxylation is 1. The number of aliphatic carboxylic acids is 1. The van der Waals surface area contributed by atoms with Crippen LogP contribution in [0.25, 0.3) is 0 Å². The van der Waals surface area contributed by atoms with Gasteiger partial charge in [0.1, 0.15) is 0 Å². The van der Waals surface area contributed by atoms with Crippen LogP contribution in [0.1, 0.15) is 42.3 Å². The van der Waals surface area contributed by atoms with Gasteiger partial charge in [-0.05, 0) is 31.2 Å². The second-order valence-electron chi connectivity index (χ2n) is 3.96. The number of nitrogens with two attached hydrogens (primary N) is 1. The fourth-order valence-corrected chi connectivity index (χ4v) is 2.07. The van der Waals surface area contributed by atoms with Crippen LogP contribution in [-0.4, -0.2) is 21.3 Å². The van der Waals surface area contributed by atoms with E-state index in [1.807, 2.05) is 0 Å². The minimum absolute atomic E-state index is 0.100. The number of rotatable bonds is 4. The number of carbonyl (C=O) groups is 1. The summed E-state index contributed by atoms with van der Waals surface area (Å²) in [6, 6.07) is -0.251. The minimum Gasteiger partial charge on any atom is -0.481 e. The summed E-state index contributed by atoms with van der Waals surface area (Å²) < 4.78 is 0. The van der Waals surface area contributed by atoms with Crippen molar-refractivity contribution < 1.29 is 9.90 Å². The summed E-state index contributed by atoms with van der Waals surface area (Å²) in [6.07, 6.45) is 3.74. The zero-order valence-electron chi connectivity index (χ0n) is 8.49. The second-order valence-corrected chi connectivity index (χ2v) is 3.96. The number of aromatic nitrogens is 2. The molecule has 0 amide bonds. The van der Waals surface area contributed by atoms with Gasteiger partial charge in [0.15, 0.2) is 0 Å². The van der Waals surface area contributed by atoms with E-state index in [-0.39, 0.29) is 12.5 Å². The first-order chi connectivity index (χ1) is 7.18. The van der Waals surface area contributed by atoms with Gasteiger partial charge < -0.3 is 10.8 Å². The maximum atomic E-state index is 10.4. The topological polar surface area (TPSA) is 92.0 Å². The van der Waals surface area contributed by atoms with E-state index in [1.165, 1.54) is 11.3 Å². The van der Waals surface area contributed by atoms with Gasteiger partial charge >= 0.3 is 5.97 Å². The van der Waals surface area contributed by atoms with Crippen molar-refractivity contribution in [2.75, 3.05) is 0 Å². The molecule has 0 saturated carbocycles. The molecule has 1 aromatic rings. The van der Waals surface area contributed by atoms with Gasteiger partial charge in [0.05, 0.1) is 5.69 Å². The van der Waals surface area contributed by atoms with Gasteiger partial charge in [0, 0.05) is 18.2 Å². The van der Waals surface area contributed by atoms with Gasteiger partial charge in [-0.15, -0.1) is 0 Å². The summed E-state index contributed by atoms with van der Waals surface area (Å²) in [5.74, 6) is -0.808. The molecule has 0 fully saturated rings. The fraction of sp³-hybridized carbons (Fsp3) is 0.600. The molecule has 1 aliphatic carbocycles. The lowest BCUT2D eigenvalue weighted by Gasteiger charge is -2.08. The van der Waals surface area contributed by atoms with Crippen molar-refractivity contribution >= 4 is 5.97 Å². The summed E-state index contributed by atoms with van der Waals surface area (Å²) >= 11 is 0. The summed E-state index contributed by atoms with van der Waals surface area (Å²) in [5.41, 5.74) is 9.17. The number of aromatic amines is 1. The lowest BCUT2D eigenvalue weighted by Crippen LogP contribution is -2.14. The molecule has 0 saturated heterocycles. The van der Waals surface area contributed by atoms with Gasteiger partial charge in [-0.2, -0.15) is 5.10 Å². The monoisotopic (exact) mass is 209 g/mol. The molecule has 1 aromatic heterocycles. The molecule has 0 aromatic carbocycles. The zero-order chi connectivity index (χ0) is 10.8. The molecular formula is C10H15N3O2. The standard InChI is InChI=1S/C10H15N3O2/c11-7(4-5-9(14)15)10-6-2-1-3-8(6)12-13-10/h7H,1-5,11H2,(H,12,13)(H,14,15). The second kappa shape index (κ2) is 4.02. The van der Waals surface area contributed by atoms with Crippen LogP contribution in [0, 0.1) is 0 Å². The first-order valence-electron chi connectivity index (χ1n) is 5.22. The smallest absolute Gasteiger partial charge is 0.303 e. The summed E-state index contributed by atoms with van der Waals surface area (Å²) in [6.45, 7) is 0. The van der Waals surface area contributed by atoms with E-state index in [2.05, 4.69) is 10.2 Å². The molecule has 0 radical (unpaired) electrons. The Morgan fingerprint density at radius 3 is 3.13 bits per heavy atom. The first-order valence-corrected chi connectivity index (χ1v) is 5.22. The Balaban J connectivity index is 2.05. The van der Waals surface area contributed by atoms with Gasteiger partial charge in [-0.25, -0.2) is 0 Å². The number of hydrogen-bond donors (Lipinski definition) is 3. The van der Waals surface area contributed by atoms with Gasteiger partial charge in [-0.3, -0.25) is 9.89 Å². The molecule has 0 spiro atoms. The molecule has 1 heterocycles. The number of carboxylic acids is 1. The number of H-pyrrole nitrogens is 1. The Morgan fingerprint density at radius 2 is 2.40 bits per heavy atom. The molecule has 82 valence electrons. The highest BCUT2D eigenvalue weighted by Crippen LogP contribution is 2.27. The number of hydrogen-bond acceptors (Lipinski definition) is 3. The molecular weight excluding hydrogens is 194 g/mol. The van der Waals surface area contributed by atoms with E-state index >= 15 is 0 Å². The third-order valence-electron chi connectivity index (χ3n) is 2.86. The Hall–Kier alpha value is -1.36. The van der Waals surface area contributed by atoms with Crippen LogP contribution in [0.3, 0.4) is 0 Å². The highest BCUT2D eigenvalue weighted by Gasteiger charge is 2.22. The minimum atomic E-state index is -0.808. The maximum Gasteiger partial charge on any atom is 0.303 e. The van der Waals surface area contributed by atoms with Crippen LogP contribution in [0.15, 0.2) is 0 Å². The van der Waals surface area contributed by atoms with Crippen LogP contribution < -0.4 is 5.73 Å². The predicted octanol–water partition coefficient (Wildman–Crippen LogP) is 0.763. The van der Waals surface area contributed by atoms with Crippen LogP contribution in [-0.2, 0) is 17.6 Å². The van der Waals surface area contributed by atoms with Crippen molar-refractivity contribution in [2.24, 2.45) is 5.73 Å². The Kier molecular flexibility index (Phi) is 2.73. The van der Waals surface area contributed by atoms with E-state index < -0.39 is 5.97 Å². The van der Waals surface area contributed by atoms with Crippen LogP contribution in [0.2, 0.25) is 0 Å². The lowest BCUT2D eigenvalue weighted by molar-refractivity contribution is -0.137. The predicted molar refractivity (Wildman–Crippen MR) is 54.4 cm³/mol. The number of nitrogens with zero attached hydrogens (tertiary/aromatic N) is 1. The van der Waals surface area contributed by atoms with Gasteiger partial charge in [0.2, 0.25) is 0 Å². The van der Waals surface area contributed by atoms with Crippen molar-refractivity contribution in [3.05, 3.63) is 17.0 Å². The molecule has 5 heteroatoms. The van der Waals surface area contributed by atoms with E-state index in [9.17, 15) is 4.79 Å². The van der Waals surface area contributed by atoms with E-state index in [0.717, 1.165) is 25.0 Å². The molecule has 2 rings (SSSR count). The Labute approximate surface area is 87.7 Å². The van der Waals surface area contributed by atoms with E-state index in [4.69, 9.17) is 10.8 Å². The summed E-state index contributed by atoms with van der Waals surface area (Å²) in [4.78, 5) is 10.4. The van der Waals surface area contributed by atoms with E-state index in [0.29, 0.717) is 6.42 Å². The normalized spacial score (nSPS) is 16.3. The SMILES string of the molecule is NC(CCC(=O)O)c1n[nH]c2c1CCC2. The highest BCUT2D eigenvalue weighted by atomic mass is 16.4. The Morgan fingerprint density at radius 1 is 1.60 bits per heavy atom. The molecule has 15 heavy (non-hydrogen) atoms. The van der Waals surface area contributed by atoms with Crippen molar-refractivity contribution in [2.45, 2.75) is 38.1 Å². The molecule has 5 nitrogen and oxygen atoms in total. The van der Waals surface area contributed by atoms with Crippen LogP contribution >= 0.6 is 0 Å². The number of fused-ring (bicyclic) bond motifs is 1. The third kappa shape index (κ3) is 2.02. The molecule has 1 atom stereocenters. The van der Waals surface area contributed by atoms with Crippen molar-refractivity contribution in [1.29, 1.82) is 0 Å². The number of carboxylic acid groups (broad SMARTS) is 1. The van der Waals surface area contributed by atoms with Crippen LogP contribution in [0.5, 0.6) is 0 Å². The van der Waals surface area contributed by atoms with Crippen molar-refractivity contribution in [3.63, 3.8) is 0 Å². The molecule has 1 aliphatic rings. The Bertz CT molecular complexity index is 373. The molecule has 0 aliphatic heterocycles. The highest BCUT2D eigenvalue weighted by molar-refractivity contribution is 5.66. The van der Waals surface area contributed by atoms with Gasteiger partial charge in [-0.1, -0.05) is 0 Å². The summed E-state index contributed by atoms with van der Waals surface area (Å²) in [7, 11) is 0. The zero-order valence-corrected chi connectivity index (χ0v) is 8.49. The lowest BCUT2D eigenvalue weighted by atomic mass is 10.0. The van der Waals surface area contributed by atoms with Crippen molar-refractivity contribution in [3.8, 4) is 0 Å². The van der Waals surface area contributed by atoms with Crippen LogP contribution in [0.4, 0.5) is 0 Å². The average molecular weight is 209 g/mol. The summed E-state index contributed by atoms with van der Waals surface area (Å²) in [5, 5.41) is 15.7. The van der Waals surface area contributed by atoms with Gasteiger partial charge in [0.25, 0.3) is 0 Å². The van der Waals surface area contributed by atoms with Crippen molar-refractivity contribution in [1.82, 2.24) is 10.2 Å². The molecule has 1 unspecified atom stereocenters. The largest absolute Gasteiger partial charge is 0.481 e.